The molecule has 2 unspecified atom stereocenters. The van der Waals surface area contributed by atoms with Crippen molar-refractivity contribution < 1.29 is 18.1 Å². The quantitative estimate of drug-likeness (QED) is 0.814. The second-order valence-corrected chi connectivity index (χ2v) is 8.03. The Morgan fingerprint density at radius 1 is 1.35 bits per heavy atom. The first-order valence-electron chi connectivity index (χ1n) is 8.40. The van der Waals surface area contributed by atoms with Crippen LogP contribution in [-0.4, -0.2) is 43.6 Å². The number of halogens is 2. The summed E-state index contributed by atoms with van der Waals surface area (Å²) >= 11 is -1.16. The normalized spacial score (nSPS) is 27.5. The fourth-order valence-electron chi connectivity index (χ4n) is 3.69. The van der Waals surface area contributed by atoms with Crippen molar-refractivity contribution in [3.05, 3.63) is 52.9 Å². The van der Waals surface area contributed by atoms with Crippen LogP contribution in [0.25, 0.3) is 0 Å². The Bertz CT molecular complexity index is 793. The Morgan fingerprint density at radius 2 is 2.15 bits per heavy atom. The molecule has 1 saturated heterocycles. The van der Waals surface area contributed by atoms with Gasteiger partial charge in [0.05, 0.1) is 29.9 Å². The predicted molar refractivity (Wildman–Crippen MR) is 92.4 cm³/mol. The third kappa shape index (κ3) is 3.25. The van der Waals surface area contributed by atoms with E-state index in [0.29, 0.717) is 26.1 Å². The molecular formula is C17H20F2N4O2S. The van der Waals surface area contributed by atoms with Gasteiger partial charge in [-0.05, 0) is 24.6 Å². The van der Waals surface area contributed by atoms with Gasteiger partial charge in [-0.1, -0.05) is 4.09 Å². The van der Waals surface area contributed by atoms with Gasteiger partial charge in [0.1, 0.15) is 24.0 Å². The zero-order chi connectivity index (χ0) is 18.4. The summed E-state index contributed by atoms with van der Waals surface area (Å²) in [6.45, 7) is 1.71. The van der Waals surface area contributed by atoms with Gasteiger partial charge in [-0.15, -0.1) is 5.10 Å². The number of nitrogens with two attached hydrogens (primary N) is 1. The lowest BCUT2D eigenvalue weighted by molar-refractivity contribution is -0.0533. The largest absolute Gasteiger partial charge is 0.592 e. The molecule has 1 fully saturated rings. The summed E-state index contributed by atoms with van der Waals surface area (Å²) in [7, 11) is 0. The Hall–Kier alpha value is -1.52. The van der Waals surface area contributed by atoms with E-state index in [-0.39, 0.29) is 11.6 Å². The van der Waals surface area contributed by atoms with Gasteiger partial charge >= 0.3 is 0 Å². The fraction of sp³-hybridized carbons (Fsp3) is 0.471. The first-order chi connectivity index (χ1) is 12.4. The highest BCUT2D eigenvalue weighted by molar-refractivity contribution is 7.89. The van der Waals surface area contributed by atoms with Gasteiger partial charge in [0.15, 0.2) is 0 Å². The van der Waals surface area contributed by atoms with E-state index in [1.54, 1.807) is 12.5 Å². The lowest BCUT2D eigenvalue weighted by atomic mass is 9.93. The fourth-order valence-corrected chi connectivity index (χ4v) is 4.18. The van der Waals surface area contributed by atoms with Crippen LogP contribution in [0.15, 0.2) is 24.4 Å². The van der Waals surface area contributed by atoms with Crippen LogP contribution in [0.4, 0.5) is 8.78 Å². The average Bonchev–Trinajstić information content (AvgIpc) is 3.16. The molecular weight excluding hydrogens is 362 g/mol. The van der Waals surface area contributed by atoms with Gasteiger partial charge in [0.25, 0.3) is 0 Å². The lowest BCUT2D eigenvalue weighted by Gasteiger charge is -2.38. The van der Waals surface area contributed by atoms with E-state index in [9.17, 15) is 13.3 Å². The highest BCUT2D eigenvalue weighted by Gasteiger charge is 2.37. The number of benzene rings is 1. The summed E-state index contributed by atoms with van der Waals surface area (Å²) in [4.78, 5) is 2.21. The van der Waals surface area contributed by atoms with Crippen LogP contribution in [0, 0.1) is 11.6 Å². The van der Waals surface area contributed by atoms with E-state index < -0.39 is 35.1 Å². The molecule has 0 aliphatic carbocycles. The van der Waals surface area contributed by atoms with Gasteiger partial charge in [0.2, 0.25) is 0 Å². The molecule has 6 nitrogen and oxygen atoms in total. The number of hydrogen-bond donors (Lipinski definition) is 1. The second-order valence-electron chi connectivity index (χ2n) is 6.81. The standard InChI is InChI=1S/C17H20F2N4O2S/c1-26(24)23-7-10-6-22(8-16(10)21-23)12-5-15(20)17(25-9-12)13-4-11(18)2-3-14(13)19/h2-4,7,12,15,17H,5-6,8-9,20H2,1H3/t12?,15-,17+,26?/m0/s1. The van der Waals surface area contributed by atoms with Crippen LogP contribution in [0.3, 0.4) is 0 Å². The predicted octanol–water partition coefficient (Wildman–Crippen LogP) is 1.48. The smallest absolute Gasteiger partial charge is 0.129 e. The molecule has 0 bridgehead atoms. The highest BCUT2D eigenvalue weighted by Crippen LogP contribution is 2.34. The highest BCUT2D eigenvalue weighted by atomic mass is 32.2. The van der Waals surface area contributed by atoms with Crippen molar-refractivity contribution in [1.82, 2.24) is 14.1 Å². The SMILES string of the molecule is C[S+]([O-])n1cc2c(n1)CN(C1CO[C@H](c3cc(F)ccc3F)[C@@H](N)C1)C2. The number of rotatable bonds is 3. The maximum Gasteiger partial charge on any atom is 0.129 e. The molecule has 4 atom stereocenters. The molecule has 140 valence electrons. The van der Waals surface area contributed by atoms with Crippen molar-refractivity contribution in [3.63, 3.8) is 0 Å². The van der Waals surface area contributed by atoms with Crippen molar-refractivity contribution in [1.29, 1.82) is 0 Å². The number of hydrogen-bond acceptors (Lipinski definition) is 5. The molecule has 2 aliphatic rings. The van der Waals surface area contributed by atoms with E-state index in [2.05, 4.69) is 10.00 Å². The first-order valence-corrected chi connectivity index (χ1v) is 9.91. The van der Waals surface area contributed by atoms with Gasteiger partial charge < -0.3 is 15.0 Å². The summed E-state index contributed by atoms with van der Waals surface area (Å²) in [6.07, 6.45) is 3.35. The molecule has 0 amide bonds. The summed E-state index contributed by atoms with van der Waals surface area (Å²) < 4.78 is 46.3. The maximum absolute atomic E-state index is 14.0. The topological polar surface area (TPSA) is 79.4 Å². The zero-order valence-electron chi connectivity index (χ0n) is 14.3. The van der Waals surface area contributed by atoms with Gasteiger partial charge in [-0.2, -0.15) is 0 Å². The van der Waals surface area contributed by atoms with Crippen LogP contribution >= 0.6 is 0 Å². The summed E-state index contributed by atoms with van der Waals surface area (Å²) in [5.41, 5.74) is 8.36. The Kier molecular flexibility index (Phi) is 4.74. The molecule has 1 aromatic heterocycles. The number of nitrogens with zero attached hydrogens (tertiary/aromatic N) is 3. The second kappa shape index (κ2) is 6.90. The minimum Gasteiger partial charge on any atom is -0.592 e. The molecule has 0 spiro atoms. The van der Waals surface area contributed by atoms with Crippen molar-refractivity contribution in [2.45, 2.75) is 37.7 Å². The van der Waals surface area contributed by atoms with E-state index in [4.69, 9.17) is 10.5 Å². The van der Waals surface area contributed by atoms with Gasteiger partial charge in [-0.3, -0.25) is 4.90 Å². The number of ether oxygens (including phenoxy) is 1. The molecule has 3 heterocycles. The first kappa shape index (κ1) is 17.9. The average molecular weight is 382 g/mol. The van der Waals surface area contributed by atoms with Crippen molar-refractivity contribution in [3.8, 4) is 0 Å². The molecule has 2 N–H and O–H groups in total. The van der Waals surface area contributed by atoms with Crippen molar-refractivity contribution >= 4 is 11.4 Å². The zero-order valence-corrected chi connectivity index (χ0v) is 15.1. The van der Waals surface area contributed by atoms with Crippen LogP contribution in [0.2, 0.25) is 0 Å². The van der Waals surface area contributed by atoms with Gasteiger partial charge in [0, 0.05) is 36.3 Å². The minimum absolute atomic E-state index is 0.0765. The maximum atomic E-state index is 14.0. The third-order valence-electron chi connectivity index (χ3n) is 5.03. The summed E-state index contributed by atoms with van der Waals surface area (Å²) in [5, 5.41) is 4.35. The van der Waals surface area contributed by atoms with E-state index in [0.717, 1.165) is 29.5 Å². The molecule has 9 heteroatoms. The minimum atomic E-state index is -1.16. The molecule has 2 aliphatic heterocycles. The number of fused-ring (bicyclic) bond motifs is 1. The molecule has 4 rings (SSSR count). The Labute approximate surface area is 153 Å². The molecule has 26 heavy (non-hydrogen) atoms. The van der Waals surface area contributed by atoms with Gasteiger partial charge in [-0.25, -0.2) is 8.78 Å². The van der Waals surface area contributed by atoms with Crippen molar-refractivity contribution in [2.75, 3.05) is 12.9 Å². The summed E-state index contributed by atoms with van der Waals surface area (Å²) in [5.74, 6) is -1.01. The van der Waals surface area contributed by atoms with Crippen LogP contribution < -0.4 is 5.73 Å². The van der Waals surface area contributed by atoms with E-state index in [1.807, 2.05) is 0 Å². The third-order valence-corrected chi connectivity index (χ3v) is 5.74. The molecule has 2 aromatic rings. The lowest BCUT2D eigenvalue weighted by Crippen LogP contribution is -2.47. The monoisotopic (exact) mass is 382 g/mol. The van der Waals surface area contributed by atoms with Crippen LogP contribution in [0.5, 0.6) is 0 Å². The molecule has 0 saturated carbocycles. The Balaban J connectivity index is 1.43. The van der Waals surface area contributed by atoms with E-state index in [1.165, 1.54) is 4.09 Å². The van der Waals surface area contributed by atoms with E-state index >= 15 is 0 Å². The van der Waals surface area contributed by atoms with Crippen molar-refractivity contribution in [2.24, 2.45) is 5.73 Å². The summed E-state index contributed by atoms with van der Waals surface area (Å²) in [6, 6.07) is 2.98. The number of aromatic nitrogens is 2. The molecule has 0 radical (unpaired) electrons. The Morgan fingerprint density at radius 3 is 2.85 bits per heavy atom. The van der Waals surface area contributed by atoms with Crippen LogP contribution in [-0.2, 0) is 29.2 Å². The van der Waals surface area contributed by atoms with Crippen LogP contribution in [0.1, 0.15) is 29.3 Å². The molecule has 1 aromatic carbocycles.